The number of aromatic nitrogens is 1. The summed E-state index contributed by atoms with van der Waals surface area (Å²) in [6, 6.07) is 8.34. The number of H-pyrrole nitrogens is 1. The summed E-state index contributed by atoms with van der Waals surface area (Å²) in [5.41, 5.74) is 2.50. The topological polar surface area (TPSA) is 36.1 Å². The Hall–Kier alpha value is -1.77. The third-order valence-corrected chi connectivity index (χ3v) is 4.72. The number of aromatic amines is 1. The van der Waals surface area contributed by atoms with Gasteiger partial charge in [0.15, 0.2) is 0 Å². The summed E-state index contributed by atoms with van der Waals surface area (Å²) in [6.07, 6.45) is 5.89. The number of fused-ring (bicyclic) bond motifs is 1. The molecule has 21 heavy (non-hydrogen) atoms. The fourth-order valence-electron chi connectivity index (χ4n) is 3.07. The van der Waals surface area contributed by atoms with Gasteiger partial charge in [-0.05, 0) is 42.7 Å². The van der Waals surface area contributed by atoms with E-state index in [1.54, 1.807) is 0 Å². The van der Waals surface area contributed by atoms with Crippen LogP contribution in [0, 0.1) is 11.8 Å². The van der Waals surface area contributed by atoms with Gasteiger partial charge >= 0.3 is 0 Å². The molecular formula is C18H24N2O. The number of aryl methyl sites for hydroxylation is 1. The van der Waals surface area contributed by atoms with Gasteiger partial charge in [-0.2, -0.15) is 0 Å². The first-order chi connectivity index (χ1) is 10.1. The van der Waals surface area contributed by atoms with Crippen molar-refractivity contribution in [3.05, 3.63) is 36.0 Å². The minimum atomic E-state index is 0.286. The molecule has 3 nitrogen and oxygen atoms in total. The minimum Gasteiger partial charge on any atom is -0.361 e. The number of carbonyl (C=O) groups excluding carboxylic acids is 1. The molecule has 1 N–H and O–H groups in total. The Kier molecular flexibility index (Phi) is 4.00. The predicted octanol–water partition coefficient (Wildman–Crippen LogP) is 3.61. The second kappa shape index (κ2) is 5.92. The number of nitrogens with zero attached hydrogens (tertiary/aromatic N) is 1. The van der Waals surface area contributed by atoms with Crippen molar-refractivity contribution in [2.24, 2.45) is 11.8 Å². The normalized spacial score (nSPS) is 20.7. The Labute approximate surface area is 126 Å². The lowest BCUT2D eigenvalue weighted by Crippen LogP contribution is -2.28. The fourth-order valence-corrected chi connectivity index (χ4v) is 3.07. The van der Waals surface area contributed by atoms with Gasteiger partial charge < -0.3 is 9.88 Å². The molecule has 1 fully saturated rings. The maximum Gasteiger partial charge on any atom is 0.222 e. The van der Waals surface area contributed by atoms with Crippen molar-refractivity contribution < 1.29 is 4.79 Å². The second-order valence-corrected chi connectivity index (χ2v) is 6.46. The Balaban J connectivity index is 1.48. The third-order valence-electron chi connectivity index (χ3n) is 4.72. The van der Waals surface area contributed by atoms with Crippen LogP contribution in [0.15, 0.2) is 30.5 Å². The SMILES string of the molecule is CC1CC1CN(C)C(=O)CCCc1c[nH]c2ccccc12. The Bertz CT molecular complexity index is 631. The van der Waals surface area contributed by atoms with E-state index in [-0.39, 0.29) is 5.91 Å². The summed E-state index contributed by atoms with van der Waals surface area (Å²) >= 11 is 0. The van der Waals surface area contributed by atoms with E-state index in [9.17, 15) is 4.79 Å². The molecule has 3 rings (SSSR count). The summed E-state index contributed by atoms with van der Waals surface area (Å²) in [6.45, 7) is 3.20. The van der Waals surface area contributed by atoms with Gasteiger partial charge in [0.2, 0.25) is 5.91 Å². The first-order valence-electron chi connectivity index (χ1n) is 7.94. The molecule has 1 aliphatic rings. The van der Waals surface area contributed by atoms with Gasteiger partial charge in [0.25, 0.3) is 0 Å². The van der Waals surface area contributed by atoms with Gasteiger partial charge in [0, 0.05) is 37.1 Å². The summed E-state index contributed by atoms with van der Waals surface area (Å²) < 4.78 is 0. The van der Waals surface area contributed by atoms with Gasteiger partial charge in [-0.25, -0.2) is 0 Å². The molecule has 3 heteroatoms. The predicted molar refractivity (Wildman–Crippen MR) is 86.1 cm³/mol. The van der Waals surface area contributed by atoms with E-state index < -0.39 is 0 Å². The molecule has 1 aromatic heterocycles. The number of rotatable bonds is 6. The smallest absolute Gasteiger partial charge is 0.222 e. The molecule has 1 saturated carbocycles. The molecule has 0 spiro atoms. The van der Waals surface area contributed by atoms with Crippen LogP contribution >= 0.6 is 0 Å². The molecule has 0 radical (unpaired) electrons. The second-order valence-electron chi connectivity index (χ2n) is 6.46. The van der Waals surface area contributed by atoms with Crippen molar-refractivity contribution in [1.29, 1.82) is 0 Å². The van der Waals surface area contributed by atoms with Gasteiger partial charge in [-0.3, -0.25) is 4.79 Å². The number of hydrogen-bond donors (Lipinski definition) is 1. The quantitative estimate of drug-likeness (QED) is 0.864. The van der Waals surface area contributed by atoms with E-state index in [1.165, 1.54) is 22.9 Å². The fraction of sp³-hybridized carbons (Fsp3) is 0.500. The van der Waals surface area contributed by atoms with Crippen LogP contribution in [0.3, 0.4) is 0 Å². The van der Waals surface area contributed by atoms with E-state index in [4.69, 9.17) is 0 Å². The van der Waals surface area contributed by atoms with Crippen LogP contribution in [0.25, 0.3) is 10.9 Å². The van der Waals surface area contributed by atoms with Gasteiger partial charge in [0.05, 0.1) is 0 Å². The molecule has 2 atom stereocenters. The number of para-hydroxylation sites is 1. The standard InChI is InChI=1S/C18H24N2O/c1-13-10-15(13)12-20(2)18(21)9-5-6-14-11-19-17-8-4-3-7-16(14)17/h3-4,7-8,11,13,15,19H,5-6,9-10,12H2,1-2H3. The van der Waals surface area contributed by atoms with E-state index in [0.29, 0.717) is 6.42 Å². The molecule has 0 saturated heterocycles. The number of carbonyl (C=O) groups is 1. The zero-order valence-corrected chi connectivity index (χ0v) is 12.9. The van der Waals surface area contributed by atoms with Crippen LogP contribution in [-0.2, 0) is 11.2 Å². The molecule has 1 aromatic carbocycles. The average Bonchev–Trinajstić information content (AvgIpc) is 3.01. The minimum absolute atomic E-state index is 0.286. The summed E-state index contributed by atoms with van der Waals surface area (Å²) in [7, 11) is 1.94. The Morgan fingerprint density at radius 2 is 2.14 bits per heavy atom. The third kappa shape index (κ3) is 3.29. The first-order valence-corrected chi connectivity index (χ1v) is 7.94. The molecule has 0 bridgehead atoms. The first kappa shape index (κ1) is 14.2. The molecule has 2 aromatic rings. The van der Waals surface area contributed by atoms with Crippen molar-refractivity contribution in [3.63, 3.8) is 0 Å². The van der Waals surface area contributed by atoms with Crippen LogP contribution < -0.4 is 0 Å². The van der Waals surface area contributed by atoms with Crippen LogP contribution in [0.4, 0.5) is 0 Å². The zero-order valence-electron chi connectivity index (χ0n) is 12.9. The number of nitrogens with one attached hydrogen (secondary N) is 1. The van der Waals surface area contributed by atoms with Gasteiger partial charge in [-0.1, -0.05) is 25.1 Å². The van der Waals surface area contributed by atoms with Gasteiger partial charge in [0.1, 0.15) is 0 Å². The van der Waals surface area contributed by atoms with E-state index in [1.807, 2.05) is 18.0 Å². The number of benzene rings is 1. The highest BCUT2D eigenvalue weighted by Crippen LogP contribution is 2.38. The molecule has 112 valence electrons. The highest BCUT2D eigenvalue weighted by Gasteiger charge is 2.33. The van der Waals surface area contributed by atoms with Crippen molar-refractivity contribution in [1.82, 2.24) is 9.88 Å². The van der Waals surface area contributed by atoms with Crippen molar-refractivity contribution >= 4 is 16.8 Å². The maximum atomic E-state index is 12.1. The molecule has 1 aliphatic carbocycles. The van der Waals surface area contributed by atoms with Crippen LogP contribution in [0.2, 0.25) is 0 Å². The van der Waals surface area contributed by atoms with E-state index in [0.717, 1.165) is 31.2 Å². The molecular weight excluding hydrogens is 260 g/mol. The van der Waals surface area contributed by atoms with E-state index >= 15 is 0 Å². The average molecular weight is 284 g/mol. The summed E-state index contributed by atoms with van der Waals surface area (Å²) in [5.74, 6) is 1.84. The lowest BCUT2D eigenvalue weighted by atomic mass is 10.1. The van der Waals surface area contributed by atoms with Crippen molar-refractivity contribution in [2.45, 2.75) is 32.6 Å². The zero-order chi connectivity index (χ0) is 14.8. The molecule has 0 aliphatic heterocycles. The maximum absolute atomic E-state index is 12.1. The molecule has 1 heterocycles. The monoisotopic (exact) mass is 284 g/mol. The van der Waals surface area contributed by atoms with Crippen molar-refractivity contribution in [3.8, 4) is 0 Å². The highest BCUT2D eigenvalue weighted by atomic mass is 16.2. The van der Waals surface area contributed by atoms with Crippen molar-refractivity contribution in [2.75, 3.05) is 13.6 Å². The van der Waals surface area contributed by atoms with E-state index in [2.05, 4.69) is 36.3 Å². The van der Waals surface area contributed by atoms with Gasteiger partial charge in [-0.15, -0.1) is 0 Å². The number of hydrogen-bond acceptors (Lipinski definition) is 1. The van der Waals surface area contributed by atoms with Crippen LogP contribution in [0.1, 0.15) is 31.7 Å². The van der Waals surface area contributed by atoms with Crippen LogP contribution in [0.5, 0.6) is 0 Å². The highest BCUT2D eigenvalue weighted by molar-refractivity contribution is 5.83. The Morgan fingerprint density at radius 3 is 2.90 bits per heavy atom. The Morgan fingerprint density at radius 1 is 1.38 bits per heavy atom. The molecule has 2 unspecified atom stereocenters. The molecule has 1 amide bonds. The largest absolute Gasteiger partial charge is 0.361 e. The van der Waals surface area contributed by atoms with Crippen LogP contribution in [-0.4, -0.2) is 29.4 Å². The lowest BCUT2D eigenvalue weighted by Gasteiger charge is -2.16. The lowest BCUT2D eigenvalue weighted by molar-refractivity contribution is -0.130. The number of amides is 1. The summed E-state index contributed by atoms with van der Waals surface area (Å²) in [4.78, 5) is 17.3. The summed E-state index contributed by atoms with van der Waals surface area (Å²) in [5, 5.41) is 1.28.